The van der Waals surface area contributed by atoms with Gasteiger partial charge in [0.05, 0.1) is 0 Å². The van der Waals surface area contributed by atoms with Crippen LogP contribution in [0.25, 0.3) is 0 Å². The molecule has 2 heteroatoms. The Morgan fingerprint density at radius 1 is 0.545 bits per heavy atom. The van der Waals surface area contributed by atoms with Gasteiger partial charge in [0, 0.05) is 8.07 Å². The summed E-state index contributed by atoms with van der Waals surface area (Å²) in [5.74, 6) is 0. The first kappa shape index (κ1) is 16.6. The van der Waals surface area contributed by atoms with Crippen LogP contribution in [0.15, 0.2) is 97.6 Å². The van der Waals surface area contributed by atoms with Crippen molar-refractivity contribution >= 4 is 23.6 Å². The Balaban J connectivity index is 0.00000176. The molecule has 0 aliphatic carbocycles. The Hall–Kier alpha value is -1.79. The van der Waals surface area contributed by atoms with Gasteiger partial charge in [-0.25, -0.2) is 0 Å². The molecule has 0 unspecified atom stereocenters. The summed E-state index contributed by atoms with van der Waals surface area (Å²) in [5.41, 5.74) is 3.45. The molecule has 22 heavy (non-hydrogen) atoms. The second-order valence-corrected chi connectivity index (χ2v) is 8.61. The van der Waals surface area contributed by atoms with Crippen LogP contribution in [0.2, 0.25) is 0 Å². The summed E-state index contributed by atoms with van der Waals surface area (Å²) < 4.78 is 0. The first-order chi connectivity index (χ1) is 10.4. The SMILES string of the molecule is C=[C-][Si](c1ccccc1)(c1ccccc1)c1ccccc1.[Li+]. The van der Waals surface area contributed by atoms with Crippen LogP contribution in [-0.4, -0.2) is 8.07 Å². The van der Waals surface area contributed by atoms with Gasteiger partial charge in [0.15, 0.2) is 0 Å². The minimum absolute atomic E-state index is 0. The largest absolute Gasteiger partial charge is 1.00 e. The molecule has 0 heterocycles. The van der Waals surface area contributed by atoms with Crippen LogP contribution in [0.4, 0.5) is 0 Å². The summed E-state index contributed by atoms with van der Waals surface area (Å²) in [6, 6.07) is 31.9. The van der Waals surface area contributed by atoms with Crippen molar-refractivity contribution in [3.63, 3.8) is 0 Å². The molecule has 0 radical (unpaired) electrons. The Morgan fingerprint density at radius 2 is 0.818 bits per heavy atom. The first-order valence-corrected chi connectivity index (χ1v) is 9.09. The quantitative estimate of drug-likeness (QED) is 0.352. The van der Waals surface area contributed by atoms with Crippen LogP contribution in [0.5, 0.6) is 0 Å². The normalized spacial score (nSPS) is 10.5. The molecule has 0 atom stereocenters. The van der Waals surface area contributed by atoms with Crippen molar-refractivity contribution in [1.82, 2.24) is 0 Å². The van der Waals surface area contributed by atoms with Crippen molar-refractivity contribution < 1.29 is 18.9 Å². The van der Waals surface area contributed by atoms with Crippen LogP contribution >= 0.6 is 0 Å². The zero-order valence-corrected chi connectivity index (χ0v) is 13.9. The van der Waals surface area contributed by atoms with Gasteiger partial charge in [-0.2, -0.15) is 0 Å². The number of hydrogen-bond acceptors (Lipinski definition) is 0. The van der Waals surface area contributed by atoms with Crippen LogP contribution in [0.3, 0.4) is 0 Å². The smallest absolute Gasteiger partial charge is 0.491 e. The second kappa shape index (κ2) is 7.47. The maximum Gasteiger partial charge on any atom is 1.00 e. The van der Waals surface area contributed by atoms with Crippen molar-refractivity contribution in [2.24, 2.45) is 0 Å². The monoisotopic (exact) mass is 292 g/mol. The number of rotatable bonds is 4. The fraction of sp³-hybridized carbons (Fsp3) is 0. The van der Waals surface area contributed by atoms with Crippen LogP contribution < -0.4 is 34.4 Å². The van der Waals surface area contributed by atoms with Crippen molar-refractivity contribution in [2.45, 2.75) is 0 Å². The van der Waals surface area contributed by atoms with Crippen molar-refractivity contribution in [3.8, 4) is 0 Å². The summed E-state index contributed by atoms with van der Waals surface area (Å²) in [6.07, 6.45) is 0. The molecule has 0 bridgehead atoms. The minimum atomic E-state index is -2.26. The molecule has 0 N–H and O–H groups in total. The molecule has 102 valence electrons. The molecule has 0 aliphatic heterocycles. The van der Waals surface area contributed by atoms with Gasteiger partial charge in [-0.1, -0.05) is 107 Å². The third kappa shape index (κ3) is 2.89. The zero-order valence-electron chi connectivity index (χ0n) is 12.9. The number of benzene rings is 3. The summed E-state index contributed by atoms with van der Waals surface area (Å²) in [4.78, 5) is 0. The van der Waals surface area contributed by atoms with E-state index in [0.29, 0.717) is 0 Å². The van der Waals surface area contributed by atoms with Crippen LogP contribution in [0.1, 0.15) is 0 Å². The predicted octanol–water partition coefficient (Wildman–Crippen LogP) is -0.311. The Morgan fingerprint density at radius 3 is 1.05 bits per heavy atom. The minimum Gasteiger partial charge on any atom is -0.491 e. The van der Waals surface area contributed by atoms with Crippen molar-refractivity contribution in [1.29, 1.82) is 0 Å². The van der Waals surface area contributed by atoms with Crippen molar-refractivity contribution in [3.05, 3.63) is 103 Å². The van der Waals surface area contributed by atoms with E-state index in [1.54, 1.807) is 0 Å². The van der Waals surface area contributed by atoms with E-state index in [-0.39, 0.29) is 18.9 Å². The van der Waals surface area contributed by atoms with E-state index in [2.05, 4.69) is 103 Å². The van der Waals surface area contributed by atoms with Crippen molar-refractivity contribution in [2.75, 3.05) is 0 Å². The fourth-order valence-corrected chi connectivity index (χ4v) is 6.56. The van der Waals surface area contributed by atoms with E-state index in [4.69, 9.17) is 0 Å². The van der Waals surface area contributed by atoms with Gasteiger partial charge < -0.3 is 5.70 Å². The van der Waals surface area contributed by atoms with E-state index in [1.807, 2.05) is 0 Å². The average molecular weight is 292 g/mol. The maximum atomic E-state index is 4.10. The fourth-order valence-electron chi connectivity index (χ4n) is 2.87. The van der Waals surface area contributed by atoms with Gasteiger partial charge in [0.1, 0.15) is 0 Å². The second-order valence-electron chi connectivity index (χ2n) is 5.02. The Kier molecular flexibility index (Phi) is 5.63. The van der Waals surface area contributed by atoms with E-state index >= 15 is 0 Å². The van der Waals surface area contributed by atoms with Gasteiger partial charge in [-0.15, -0.1) is 0 Å². The molecule has 0 amide bonds. The average Bonchev–Trinajstić information content (AvgIpc) is 2.59. The van der Waals surface area contributed by atoms with Crippen LogP contribution in [0, 0.1) is 5.70 Å². The summed E-state index contributed by atoms with van der Waals surface area (Å²) in [6.45, 7) is 4.10. The van der Waals surface area contributed by atoms with E-state index in [0.717, 1.165) is 0 Å². The number of hydrogen-bond donors (Lipinski definition) is 0. The maximum absolute atomic E-state index is 4.10. The zero-order chi connectivity index (χ0) is 14.5. The Labute approximate surface area is 145 Å². The summed E-state index contributed by atoms with van der Waals surface area (Å²) in [7, 11) is -2.26. The first-order valence-electron chi connectivity index (χ1n) is 7.09. The molecule has 0 spiro atoms. The van der Waals surface area contributed by atoms with E-state index in [9.17, 15) is 0 Å². The Bertz CT molecular complexity index is 612. The standard InChI is InChI=1S/C20H17Si.Li/c1-2-21(18-12-6-3-7-13-18,19-14-8-4-9-15-19)20-16-10-5-11-17-20;/h3-17H,1H2;/q-1;+1. The molecule has 0 saturated carbocycles. The molecule has 3 aromatic rings. The topological polar surface area (TPSA) is 0 Å². The predicted molar refractivity (Wildman–Crippen MR) is 92.9 cm³/mol. The molecule has 0 fully saturated rings. The molecular formula is C20H17LiSi. The molecule has 0 aromatic heterocycles. The summed E-state index contributed by atoms with van der Waals surface area (Å²) in [5, 5.41) is 3.95. The van der Waals surface area contributed by atoms with E-state index in [1.165, 1.54) is 15.6 Å². The van der Waals surface area contributed by atoms with Gasteiger partial charge in [-0.3, -0.25) is 6.58 Å². The molecule has 3 rings (SSSR count). The van der Waals surface area contributed by atoms with Gasteiger partial charge in [0.2, 0.25) is 0 Å². The molecule has 0 saturated heterocycles. The third-order valence-electron chi connectivity index (χ3n) is 3.89. The molecule has 0 aliphatic rings. The molecular weight excluding hydrogens is 275 g/mol. The summed E-state index contributed by atoms with van der Waals surface area (Å²) >= 11 is 0. The van der Waals surface area contributed by atoms with Crippen LogP contribution in [-0.2, 0) is 0 Å². The van der Waals surface area contributed by atoms with Gasteiger partial charge >= 0.3 is 18.9 Å². The van der Waals surface area contributed by atoms with E-state index < -0.39 is 8.07 Å². The third-order valence-corrected chi connectivity index (χ3v) is 8.01. The molecule has 3 aromatic carbocycles. The molecule has 0 nitrogen and oxygen atoms in total. The van der Waals surface area contributed by atoms with Gasteiger partial charge in [-0.05, 0) is 0 Å². The van der Waals surface area contributed by atoms with Gasteiger partial charge in [0.25, 0.3) is 0 Å².